The fourth-order valence-corrected chi connectivity index (χ4v) is 5.31. The Hall–Kier alpha value is -1.24. The number of ketones is 1. The van der Waals surface area contributed by atoms with Crippen LogP contribution in [0, 0.1) is 5.92 Å². The predicted octanol–water partition coefficient (Wildman–Crippen LogP) is 2.82. The average molecular weight is 365 g/mol. The Morgan fingerprint density at radius 2 is 1.84 bits per heavy atom. The van der Waals surface area contributed by atoms with Gasteiger partial charge in [-0.1, -0.05) is 25.0 Å². The number of rotatable bonds is 6. The second kappa shape index (κ2) is 7.98. The maximum absolute atomic E-state index is 12.6. The average Bonchev–Trinajstić information content (AvgIpc) is 3.09. The first kappa shape index (κ1) is 18.5. The lowest BCUT2D eigenvalue weighted by atomic mass is 10.0. The molecular formula is C19H28N2O3S. The zero-order valence-corrected chi connectivity index (χ0v) is 15.7. The predicted molar refractivity (Wildman–Crippen MR) is 98.2 cm³/mol. The van der Waals surface area contributed by atoms with Crippen LogP contribution in [0.4, 0.5) is 0 Å². The molecule has 3 rings (SSSR count). The minimum atomic E-state index is -3.58. The summed E-state index contributed by atoms with van der Waals surface area (Å²) < 4.78 is 28.0. The van der Waals surface area contributed by atoms with E-state index in [1.54, 1.807) is 18.2 Å². The van der Waals surface area contributed by atoms with Crippen LogP contribution >= 0.6 is 0 Å². The quantitative estimate of drug-likeness (QED) is 0.788. The highest BCUT2D eigenvalue weighted by atomic mass is 32.2. The zero-order chi connectivity index (χ0) is 17.9. The summed E-state index contributed by atoms with van der Waals surface area (Å²) >= 11 is 0. The van der Waals surface area contributed by atoms with Crippen LogP contribution in [-0.2, 0) is 10.0 Å². The second-order valence-corrected chi connectivity index (χ2v) is 9.14. The summed E-state index contributed by atoms with van der Waals surface area (Å²) in [6.45, 7) is 4.52. The summed E-state index contributed by atoms with van der Waals surface area (Å²) in [7, 11) is -3.58. The van der Waals surface area contributed by atoms with Gasteiger partial charge in [-0.25, -0.2) is 13.1 Å². The number of nitrogens with one attached hydrogen (secondary N) is 1. The van der Waals surface area contributed by atoms with Crippen molar-refractivity contribution >= 4 is 15.8 Å². The maximum atomic E-state index is 12.6. The molecule has 1 aromatic rings. The van der Waals surface area contributed by atoms with Crippen LogP contribution in [-0.4, -0.2) is 44.8 Å². The Bertz CT molecular complexity index is 703. The van der Waals surface area contributed by atoms with Crippen molar-refractivity contribution in [1.82, 2.24) is 9.62 Å². The third-order valence-electron chi connectivity index (χ3n) is 5.45. The highest BCUT2D eigenvalue weighted by Crippen LogP contribution is 2.26. The Morgan fingerprint density at radius 1 is 1.16 bits per heavy atom. The highest BCUT2D eigenvalue weighted by molar-refractivity contribution is 7.89. The van der Waals surface area contributed by atoms with Gasteiger partial charge >= 0.3 is 0 Å². The van der Waals surface area contributed by atoms with Crippen molar-refractivity contribution in [2.24, 2.45) is 5.92 Å². The molecule has 0 aromatic heterocycles. The summed E-state index contributed by atoms with van der Waals surface area (Å²) in [5.41, 5.74) is 0.425. The number of hydrogen-bond donors (Lipinski definition) is 1. The van der Waals surface area contributed by atoms with Gasteiger partial charge in [-0.15, -0.1) is 0 Å². The molecule has 6 heteroatoms. The molecule has 0 unspecified atom stereocenters. The number of carbonyl (C=O) groups excluding carboxylic acids is 1. The standard InChI is InChI=1S/C19H28N2O3S/c1-15(22)17-7-4-8-19(13-17)25(23,24)20-18-9-11-21(12-10-18)14-16-5-2-3-6-16/h4,7-8,13,16,18,20H,2-3,5-6,9-12,14H2,1H3. The molecule has 2 fully saturated rings. The van der Waals surface area contributed by atoms with E-state index in [-0.39, 0.29) is 16.7 Å². The SMILES string of the molecule is CC(=O)c1cccc(S(=O)(=O)NC2CCN(CC3CCCC3)CC2)c1. The van der Waals surface area contributed by atoms with Crippen molar-refractivity contribution in [1.29, 1.82) is 0 Å². The van der Waals surface area contributed by atoms with Gasteiger partial charge in [-0.05, 0) is 63.7 Å². The van der Waals surface area contributed by atoms with Crippen LogP contribution in [0.15, 0.2) is 29.2 Å². The normalized spacial score (nSPS) is 20.8. The molecule has 0 bridgehead atoms. The number of benzene rings is 1. The molecule has 5 nitrogen and oxygen atoms in total. The minimum Gasteiger partial charge on any atom is -0.303 e. The van der Waals surface area contributed by atoms with Crippen LogP contribution < -0.4 is 4.72 Å². The molecule has 0 amide bonds. The van der Waals surface area contributed by atoms with E-state index in [1.165, 1.54) is 45.2 Å². The molecule has 25 heavy (non-hydrogen) atoms. The molecule has 0 radical (unpaired) electrons. The Balaban J connectivity index is 1.55. The van der Waals surface area contributed by atoms with E-state index in [0.717, 1.165) is 31.8 Å². The fraction of sp³-hybridized carbons (Fsp3) is 0.632. The van der Waals surface area contributed by atoms with E-state index in [1.807, 2.05) is 0 Å². The molecule has 1 saturated carbocycles. The van der Waals surface area contributed by atoms with Crippen molar-refractivity contribution in [3.8, 4) is 0 Å². The largest absolute Gasteiger partial charge is 0.303 e. The van der Waals surface area contributed by atoms with Crippen molar-refractivity contribution in [3.63, 3.8) is 0 Å². The lowest BCUT2D eigenvalue weighted by molar-refractivity contribution is 0.101. The Morgan fingerprint density at radius 3 is 2.48 bits per heavy atom. The van der Waals surface area contributed by atoms with E-state index < -0.39 is 10.0 Å². The van der Waals surface area contributed by atoms with Gasteiger partial charge in [0.1, 0.15) is 0 Å². The summed E-state index contributed by atoms with van der Waals surface area (Å²) in [4.78, 5) is 14.1. The lowest BCUT2D eigenvalue weighted by Crippen LogP contribution is -2.45. The number of likely N-dealkylation sites (tertiary alicyclic amines) is 1. The van der Waals surface area contributed by atoms with Gasteiger partial charge in [0.15, 0.2) is 5.78 Å². The van der Waals surface area contributed by atoms with E-state index in [2.05, 4.69) is 9.62 Å². The van der Waals surface area contributed by atoms with Gasteiger partial charge in [0.25, 0.3) is 0 Å². The molecular weight excluding hydrogens is 336 g/mol. The first-order valence-electron chi connectivity index (χ1n) is 9.30. The van der Waals surface area contributed by atoms with Gasteiger partial charge in [0.2, 0.25) is 10.0 Å². The van der Waals surface area contributed by atoms with Crippen LogP contribution in [0.1, 0.15) is 55.8 Å². The molecule has 1 N–H and O–H groups in total. The smallest absolute Gasteiger partial charge is 0.240 e. The summed E-state index contributed by atoms with van der Waals surface area (Å²) in [5.74, 6) is 0.708. The van der Waals surface area contributed by atoms with Gasteiger partial charge in [0, 0.05) is 18.2 Å². The minimum absolute atomic E-state index is 0.0224. The number of hydrogen-bond acceptors (Lipinski definition) is 4. The van der Waals surface area contributed by atoms with Crippen molar-refractivity contribution in [2.75, 3.05) is 19.6 Å². The molecule has 0 atom stereocenters. The number of carbonyl (C=O) groups is 1. The monoisotopic (exact) mass is 364 g/mol. The van der Waals surface area contributed by atoms with Crippen molar-refractivity contribution in [3.05, 3.63) is 29.8 Å². The Kier molecular flexibility index (Phi) is 5.92. The number of Topliss-reactive ketones (excluding diaryl/α,β-unsaturated/α-hetero) is 1. The van der Waals surface area contributed by atoms with Crippen LogP contribution in [0.3, 0.4) is 0 Å². The third-order valence-corrected chi connectivity index (χ3v) is 6.97. The second-order valence-electron chi connectivity index (χ2n) is 7.43. The topological polar surface area (TPSA) is 66.5 Å². The number of nitrogens with zero attached hydrogens (tertiary/aromatic N) is 1. The first-order chi connectivity index (χ1) is 11.9. The van der Waals surface area contributed by atoms with Crippen LogP contribution in [0.5, 0.6) is 0 Å². The van der Waals surface area contributed by atoms with Crippen molar-refractivity contribution < 1.29 is 13.2 Å². The summed E-state index contributed by atoms with van der Waals surface area (Å²) in [6.07, 6.45) is 7.11. The highest BCUT2D eigenvalue weighted by Gasteiger charge is 2.26. The maximum Gasteiger partial charge on any atom is 0.240 e. The van der Waals surface area contributed by atoms with E-state index >= 15 is 0 Å². The molecule has 1 aliphatic carbocycles. The van der Waals surface area contributed by atoms with E-state index in [0.29, 0.717) is 5.56 Å². The molecule has 1 aliphatic heterocycles. The zero-order valence-electron chi connectivity index (χ0n) is 14.9. The molecule has 138 valence electrons. The molecule has 2 aliphatic rings. The van der Waals surface area contributed by atoms with Crippen LogP contribution in [0.25, 0.3) is 0 Å². The van der Waals surface area contributed by atoms with E-state index in [9.17, 15) is 13.2 Å². The van der Waals surface area contributed by atoms with Crippen molar-refractivity contribution in [2.45, 2.75) is 56.4 Å². The van der Waals surface area contributed by atoms with Gasteiger partial charge in [-0.3, -0.25) is 4.79 Å². The summed E-state index contributed by atoms with van der Waals surface area (Å²) in [5, 5.41) is 0. The van der Waals surface area contributed by atoms with E-state index in [4.69, 9.17) is 0 Å². The van der Waals surface area contributed by atoms with Gasteiger partial charge < -0.3 is 4.90 Å². The van der Waals surface area contributed by atoms with Crippen LogP contribution in [0.2, 0.25) is 0 Å². The number of sulfonamides is 1. The van der Waals surface area contributed by atoms with Gasteiger partial charge in [-0.2, -0.15) is 0 Å². The molecule has 1 heterocycles. The molecule has 0 spiro atoms. The molecule has 1 aromatic carbocycles. The number of piperidine rings is 1. The first-order valence-corrected chi connectivity index (χ1v) is 10.8. The molecule has 1 saturated heterocycles. The van der Waals surface area contributed by atoms with Gasteiger partial charge in [0.05, 0.1) is 4.90 Å². The lowest BCUT2D eigenvalue weighted by Gasteiger charge is -2.33. The summed E-state index contributed by atoms with van der Waals surface area (Å²) in [6, 6.07) is 6.24. The fourth-order valence-electron chi connectivity index (χ4n) is 3.96. The Labute approximate surface area is 150 Å². The third kappa shape index (κ3) is 4.90.